The van der Waals surface area contributed by atoms with Crippen molar-refractivity contribution in [1.82, 2.24) is 29.5 Å². The Balaban J connectivity index is 1.51. The largest absolute Gasteiger partial charge is 0.376 e. The number of ether oxygens (including phenoxy) is 1. The second-order valence-electron chi connectivity index (χ2n) is 5.95. The van der Waals surface area contributed by atoms with E-state index in [1.807, 2.05) is 10.9 Å². The van der Waals surface area contributed by atoms with Gasteiger partial charge in [0.05, 0.1) is 55.2 Å². The van der Waals surface area contributed by atoms with Gasteiger partial charge in [0.15, 0.2) is 5.65 Å². The number of aromatic nitrogens is 6. The van der Waals surface area contributed by atoms with Gasteiger partial charge in [-0.1, -0.05) is 0 Å². The minimum atomic E-state index is 0.247. The molecule has 9 heteroatoms. The summed E-state index contributed by atoms with van der Waals surface area (Å²) in [7, 11) is 0. The van der Waals surface area contributed by atoms with Gasteiger partial charge in [-0.05, 0) is 12.8 Å². The van der Waals surface area contributed by atoms with Gasteiger partial charge in [-0.25, -0.2) is 14.6 Å². The normalized spacial score (nSPS) is 17.0. The van der Waals surface area contributed by atoms with Crippen LogP contribution in [0.1, 0.15) is 19.3 Å². The number of hydrogen-bond acceptors (Lipinski definition) is 7. The molecule has 1 aliphatic rings. The van der Waals surface area contributed by atoms with Gasteiger partial charge in [0.25, 0.3) is 0 Å². The van der Waals surface area contributed by atoms with Crippen LogP contribution in [0.25, 0.3) is 11.0 Å². The van der Waals surface area contributed by atoms with Crippen LogP contribution >= 0.6 is 0 Å². The molecule has 0 aliphatic carbocycles. The van der Waals surface area contributed by atoms with Crippen molar-refractivity contribution in [3.63, 3.8) is 0 Å². The molecule has 0 amide bonds. The predicted octanol–water partition coefficient (Wildman–Crippen LogP) is 1.86. The first kappa shape index (κ1) is 15.5. The van der Waals surface area contributed by atoms with Gasteiger partial charge in [-0.2, -0.15) is 15.5 Å². The molecular weight excluding hydrogens is 320 g/mol. The van der Waals surface area contributed by atoms with Crippen LogP contribution in [0.4, 0.5) is 11.5 Å². The van der Waals surface area contributed by atoms with Crippen molar-refractivity contribution in [2.45, 2.75) is 38.5 Å². The molecule has 1 N–H and O–H groups in total. The maximum absolute atomic E-state index is 8.74. The molecule has 1 atom stereocenters. The van der Waals surface area contributed by atoms with Gasteiger partial charge in [0, 0.05) is 12.8 Å². The van der Waals surface area contributed by atoms with Crippen molar-refractivity contribution in [2.24, 2.45) is 0 Å². The summed E-state index contributed by atoms with van der Waals surface area (Å²) in [6.07, 6.45) is 9.75. The predicted molar refractivity (Wildman–Crippen MR) is 90.0 cm³/mol. The van der Waals surface area contributed by atoms with Gasteiger partial charge in [-0.3, -0.25) is 4.68 Å². The first-order chi connectivity index (χ1) is 12.3. The van der Waals surface area contributed by atoms with Crippen molar-refractivity contribution in [3.05, 3.63) is 24.9 Å². The molecule has 4 rings (SSSR count). The van der Waals surface area contributed by atoms with E-state index in [-0.39, 0.29) is 6.10 Å². The summed E-state index contributed by atoms with van der Waals surface area (Å²) in [5, 5.41) is 21.5. The van der Waals surface area contributed by atoms with Crippen LogP contribution in [0.5, 0.6) is 0 Å². The van der Waals surface area contributed by atoms with E-state index >= 15 is 0 Å². The third-order valence-electron chi connectivity index (χ3n) is 4.18. The molecule has 0 bridgehead atoms. The lowest BCUT2D eigenvalue weighted by Gasteiger charge is -2.08. The molecule has 1 aliphatic heterocycles. The number of aryl methyl sites for hydroxylation is 1. The Morgan fingerprint density at radius 3 is 3.12 bits per heavy atom. The Morgan fingerprint density at radius 1 is 1.32 bits per heavy atom. The highest BCUT2D eigenvalue weighted by Gasteiger charge is 2.16. The number of nitrogens with one attached hydrogen (secondary N) is 1. The summed E-state index contributed by atoms with van der Waals surface area (Å²) < 4.78 is 9.24. The lowest BCUT2D eigenvalue weighted by Crippen LogP contribution is -2.15. The Labute approximate surface area is 144 Å². The fraction of sp³-hybridized carbons (Fsp3) is 0.438. The van der Waals surface area contributed by atoms with Gasteiger partial charge < -0.3 is 10.1 Å². The average molecular weight is 338 g/mol. The van der Waals surface area contributed by atoms with Crippen LogP contribution in [0.3, 0.4) is 0 Å². The van der Waals surface area contributed by atoms with Crippen molar-refractivity contribution in [3.8, 4) is 6.07 Å². The Hall–Kier alpha value is -2.99. The molecule has 1 fully saturated rings. The zero-order valence-electron chi connectivity index (χ0n) is 13.7. The smallest absolute Gasteiger partial charge is 0.163 e. The number of hydrogen-bond donors (Lipinski definition) is 1. The standard InChI is InChI=1S/C16H18N8O/c17-4-2-5-24-16-14(8-21-24)15(18-11-19-16)22-12-7-20-23(9-12)10-13-3-1-6-25-13/h7-9,11,13H,1-3,5-6,10H2,(H,18,19,22)/t13-/m1/s1. The van der Waals surface area contributed by atoms with E-state index in [1.54, 1.807) is 17.1 Å². The first-order valence-corrected chi connectivity index (χ1v) is 8.28. The average Bonchev–Trinajstić information content (AvgIpc) is 3.36. The molecule has 3 aromatic rings. The van der Waals surface area contributed by atoms with Crippen molar-refractivity contribution >= 4 is 22.5 Å². The van der Waals surface area contributed by atoms with Crippen molar-refractivity contribution in [2.75, 3.05) is 11.9 Å². The van der Waals surface area contributed by atoms with E-state index < -0.39 is 0 Å². The maximum Gasteiger partial charge on any atom is 0.163 e. The molecule has 0 saturated carbocycles. The van der Waals surface area contributed by atoms with Crippen LogP contribution < -0.4 is 5.32 Å². The minimum Gasteiger partial charge on any atom is -0.376 e. The minimum absolute atomic E-state index is 0.247. The van der Waals surface area contributed by atoms with Crippen LogP contribution in [-0.4, -0.2) is 42.2 Å². The highest BCUT2D eigenvalue weighted by Crippen LogP contribution is 2.23. The van der Waals surface area contributed by atoms with Gasteiger partial charge in [0.2, 0.25) is 0 Å². The van der Waals surface area contributed by atoms with Crippen LogP contribution in [0.15, 0.2) is 24.9 Å². The molecule has 9 nitrogen and oxygen atoms in total. The molecular formula is C16H18N8O. The van der Waals surface area contributed by atoms with E-state index in [9.17, 15) is 0 Å². The van der Waals surface area contributed by atoms with Gasteiger partial charge >= 0.3 is 0 Å². The molecule has 0 spiro atoms. The Kier molecular flexibility index (Phi) is 4.26. The zero-order valence-corrected chi connectivity index (χ0v) is 13.7. The van der Waals surface area contributed by atoms with Gasteiger partial charge in [0.1, 0.15) is 12.1 Å². The molecule has 0 radical (unpaired) electrons. The SMILES string of the molecule is N#CCCn1ncc2c(Nc3cnn(C[C@H]4CCCO4)c3)ncnc21. The quantitative estimate of drug-likeness (QED) is 0.731. The van der Waals surface area contributed by atoms with Crippen LogP contribution in [0.2, 0.25) is 0 Å². The lowest BCUT2D eigenvalue weighted by atomic mass is 10.2. The van der Waals surface area contributed by atoms with E-state index in [0.717, 1.165) is 37.1 Å². The fourth-order valence-corrected chi connectivity index (χ4v) is 2.97. The van der Waals surface area contributed by atoms with Gasteiger partial charge in [-0.15, -0.1) is 0 Å². The number of nitrogens with zero attached hydrogens (tertiary/aromatic N) is 7. The summed E-state index contributed by atoms with van der Waals surface area (Å²) >= 11 is 0. The first-order valence-electron chi connectivity index (χ1n) is 8.28. The number of fused-ring (bicyclic) bond motifs is 1. The Morgan fingerprint density at radius 2 is 2.28 bits per heavy atom. The van der Waals surface area contributed by atoms with Crippen molar-refractivity contribution in [1.29, 1.82) is 5.26 Å². The highest BCUT2D eigenvalue weighted by atomic mass is 16.5. The second kappa shape index (κ2) is 6.86. The molecule has 25 heavy (non-hydrogen) atoms. The van der Waals surface area contributed by atoms with Crippen molar-refractivity contribution < 1.29 is 4.74 Å². The third kappa shape index (κ3) is 3.29. The maximum atomic E-state index is 8.74. The number of rotatable bonds is 6. The fourth-order valence-electron chi connectivity index (χ4n) is 2.97. The summed E-state index contributed by atoms with van der Waals surface area (Å²) in [5.74, 6) is 0.671. The zero-order chi connectivity index (χ0) is 17.1. The lowest BCUT2D eigenvalue weighted by molar-refractivity contribution is 0.0940. The number of nitriles is 1. The van der Waals surface area contributed by atoms with Crippen LogP contribution in [0, 0.1) is 11.3 Å². The van der Waals surface area contributed by atoms with E-state index in [1.165, 1.54) is 6.33 Å². The molecule has 4 heterocycles. The third-order valence-corrected chi connectivity index (χ3v) is 4.18. The molecule has 1 saturated heterocycles. The molecule has 128 valence electrons. The molecule has 0 aromatic carbocycles. The molecule has 3 aromatic heterocycles. The summed E-state index contributed by atoms with van der Waals surface area (Å²) in [6, 6.07) is 2.12. The van der Waals surface area contributed by atoms with E-state index in [4.69, 9.17) is 10.00 Å². The summed E-state index contributed by atoms with van der Waals surface area (Å²) in [4.78, 5) is 8.58. The number of anilines is 2. The summed E-state index contributed by atoms with van der Waals surface area (Å²) in [6.45, 7) is 2.11. The Bertz CT molecular complexity index is 902. The monoisotopic (exact) mass is 338 g/mol. The molecule has 0 unspecified atom stereocenters. The summed E-state index contributed by atoms with van der Waals surface area (Å²) in [5.41, 5.74) is 1.56. The van der Waals surface area contributed by atoms with Crippen LogP contribution in [-0.2, 0) is 17.8 Å². The highest BCUT2D eigenvalue weighted by molar-refractivity contribution is 5.87. The van der Waals surface area contributed by atoms with E-state index in [0.29, 0.717) is 24.4 Å². The second-order valence-corrected chi connectivity index (χ2v) is 5.95. The topological polar surface area (TPSA) is 106 Å². The van der Waals surface area contributed by atoms with E-state index in [2.05, 4.69) is 31.6 Å².